The summed E-state index contributed by atoms with van der Waals surface area (Å²) in [6, 6.07) is 0. The Balaban J connectivity index is 2.86. The molecule has 0 radical (unpaired) electrons. The Morgan fingerprint density at radius 2 is 2.67 bits per heavy atom. The maximum absolute atomic E-state index is 7.55. The summed E-state index contributed by atoms with van der Waals surface area (Å²) in [6.07, 6.45) is 0. The van der Waals surface area contributed by atoms with Gasteiger partial charge in [0.05, 0.1) is 0 Å². The zero-order chi connectivity index (χ0) is 4.83. The van der Waals surface area contributed by atoms with Crippen molar-refractivity contribution in [3.05, 3.63) is 10.4 Å². The third kappa shape index (κ3) is 4.31. The molecule has 4 nitrogen and oxygen atoms in total. The van der Waals surface area contributed by atoms with Crippen molar-refractivity contribution in [3.63, 3.8) is 0 Å². The molecule has 0 aliphatic carbocycles. The van der Waals surface area contributed by atoms with Gasteiger partial charge in [-0.25, -0.2) is 0 Å². The summed E-state index contributed by atoms with van der Waals surface area (Å²) in [6.45, 7) is 0. The summed E-state index contributed by atoms with van der Waals surface area (Å²) in [5.74, 6) is 0. The molecule has 0 aliphatic heterocycles. The Bertz CT molecular complexity index is 65.2. The van der Waals surface area contributed by atoms with Crippen molar-refractivity contribution in [2.45, 2.75) is 0 Å². The van der Waals surface area contributed by atoms with Crippen LogP contribution >= 0.6 is 0 Å². The van der Waals surface area contributed by atoms with E-state index in [0.29, 0.717) is 0 Å². The summed E-state index contributed by atoms with van der Waals surface area (Å²) in [4.78, 5) is 2.39. The Hall–Kier alpha value is 0.309. The third-order valence-corrected chi connectivity index (χ3v) is 0.637. The number of nitrogens with zero attached hydrogens (tertiary/aromatic N) is 3. The maximum atomic E-state index is 7.55. The first-order valence-corrected chi connectivity index (χ1v) is 2.24. The second kappa shape index (κ2) is 5.31. The quantitative estimate of drug-likeness (QED) is 0.260. The van der Waals surface area contributed by atoms with Crippen LogP contribution in [0.15, 0.2) is 4.13 Å². The van der Waals surface area contributed by atoms with E-state index >= 15 is 0 Å². The first kappa shape index (κ1) is 6.31. The fourth-order valence-electron chi connectivity index (χ4n) is 0.0231. The van der Waals surface area contributed by atoms with Crippen LogP contribution in [0.3, 0.4) is 0 Å². The van der Waals surface area contributed by atoms with Gasteiger partial charge in [-0.2, -0.15) is 0 Å². The van der Waals surface area contributed by atoms with E-state index in [1.807, 2.05) is 0 Å². The summed E-state index contributed by atoms with van der Waals surface area (Å²) in [5, 5.41) is 0. The van der Waals surface area contributed by atoms with Gasteiger partial charge in [0.2, 0.25) is 0 Å². The van der Waals surface area contributed by atoms with Gasteiger partial charge in [0, 0.05) is 0 Å². The fraction of sp³-hybridized carbons (Fsp3) is 0. The molecule has 0 spiro atoms. The van der Waals surface area contributed by atoms with E-state index in [2.05, 4.69) is 28.3 Å². The van der Waals surface area contributed by atoms with E-state index in [9.17, 15) is 0 Å². The molecule has 0 atom stereocenters. The normalized spacial score (nSPS) is 7.50. The molecule has 0 N–H and O–H groups in total. The van der Waals surface area contributed by atoms with Crippen molar-refractivity contribution in [1.82, 2.24) is 0 Å². The molecule has 0 saturated heterocycles. The zero-order valence-electron chi connectivity index (χ0n) is 2.46. The van der Waals surface area contributed by atoms with E-state index < -0.39 is 0 Å². The molecule has 6 heteroatoms. The first-order valence-electron chi connectivity index (χ1n) is 0.847. The van der Waals surface area contributed by atoms with Crippen molar-refractivity contribution < 1.29 is 34.7 Å². The summed E-state index contributed by atoms with van der Waals surface area (Å²) < 4.78 is 7.10. The van der Waals surface area contributed by atoms with Gasteiger partial charge in [-0.15, -0.1) is 0 Å². The average Bonchev–Trinajstić information content (AvgIpc) is 1.61. The molecular weight excluding hydrogens is 170 g/mol. The second-order valence-corrected chi connectivity index (χ2v) is 1.51. The molecule has 0 saturated carbocycles. The molecule has 0 aromatic heterocycles. The van der Waals surface area contributed by atoms with Crippen LogP contribution in [0.1, 0.15) is 0 Å². The van der Waals surface area contributed by atoms with Crippen molar-refractivity contribution in [2.75, 3.05) is 0 Å². The van der Waals surface area contributed by atoms with Crippen LogP contribution in [0.25, 0.3) is 10.4 Å². The van der Waals surface area contributed by atoms with Gasteiger partial charge in [-0.3, -0.25) is 0 Å². The van der Waals surface area contributed by atoms with Crippen LogP contribution < -0.4 is 0 Å². The Morgan fingerprint density at radius 1 is 2.00 bits per heavy atom. The van der Waals surface area contributed by atoms with Gasteiger partial charge in [0.25, 0.3) is 0 Å². The van der Waals surface area contributed by atoms with Gasteiger partial charge in [0.15, 0.2) is 0 Å². The van der Waals surface area contributed by atoms with Crippen molar-refractivity contribution >= 4 is 0 Å². The van der Waals surface area contributed by atoms with Crippen molar-refractivity contribution in [1.29, 1.82) is 0 Å². The standard InChI is InChI=1S/2Fe.N3.O/c;;1-3-2;/q;+1;-1;. The summed E-state index contributed by atoms with van der Waals surface area (Å²) >= 11 is 2.97. The molecule has 0 unspecified atom stereocenters. The minimum absolute atomic E-state index is 0.0104. The van der Waals surface area contributed by atoms with Crippen molar-refractivity contribution in [2.24, 2.45) is 4.13 Å². The molecule has 0 aromatic carbocycles. The SMILES string of the molecule is [N-]=[N+]=[N][Fe][O][Fe]. The monoisotopic (exact) mass is 170 g/mol. The van der Waals surface area contributed by atoms with Crippen LogP contribution in [0.4, 0.5) is 0 Å². The van der Waals surface area contributed by atoms with Gasteiger partial charge in [-0.05, 0) is 0 Å². The van der Waals surface area contributed by atoms with E-state index in [0.717, 1.165) is 0 Å². The minimum atomic E-state index is 0.0104. The Labute approximate surface area is 49.7 Å². The van der Waals surface area contributed by atoms with Crippen LogP contribution in [-0.4, -0.2) is 0 Å². The topological polar surface area (TPSA) is 58.0 Å². The van der Waals surface area contributed by atoms with Crippen LogP contribution in [-0.2, 0) is 34.7 Å². The Kier molecular flexibility index (Phi) is 5.58. The van der Waals surface area contributed by atoms with Crippen LogP contribution in [0.5, 0.6) is 0 Å². The van der Waals surface area contributed by atoms with Crippen LogP contribution in [0.2, 0.25) is 0 Å². The molecule has 0 rings (SSSR count). The number of rotatable bonds is 2. The van der Waals surface area contributed by atoms with E-state index in [1.54, 1.807) is 0 Å². The third-order valence-electron chi connectivity index (χ3n) is 0.0833. The average molecular weight is 170 g/mol. The summed E-state index contributed by atoms with van der Waals surface area (Å²) in [7, 11) is 0. The zero-order valence-corrected chi connectivity index (χ0v) is 4.67. The predicted octanol–water partition coefficient (Wildman–Crippen LogP) is 0.688. The predicted molar refractivity (Wildman–Crippen MR) is 10.2 cm³/mol. The van der Waals surface area contributed by atoms with E-state index in [-0.39, 0.29) is 15.5 Å². The number of azide groups is 1. The molecule has 0 amide bonds. The number of hydrogen-bond acceptors (Lipinski definition) is 2. The van der Waals surface area contributed by atoms with Crippen molar-refractivity contribution in [3.8, 4) is 0 Å². The second-order valence-electron chi connectivity index (χ2n) is 0.276. The van der Waals surface area contributed by atoms with Crippen LogP contribution in [0, 0.1) is 0 Å². The van der Waals surface area contributed by atoms with E-state index in [1.165, 1.54) is 0 Å². The molecule has 0 heterocycles. The molecular formula is Fe2N3O. The fourth-order valence-corrected chi connectivity index (χ4v) is 0.227. The molecule has 0 aromatic rings. The summed E-state index contributed by atoms with van der Waals surface area (Å²) in [5.41, 5.74) is 7.55. The molecule has 37 valence electrons. The molecule has 6 heavy (non-hydrogen) atoms. The molecule has 0 fully saturated rings. The van der Waals surface area contributed by atoms with Gasteiger partial charge < -0.3 is 0 Å². The molecule has 0 aliphatic rings. The van der Waals surface area contributed by atoms with E-state index in [4.69, 9.17) is 5.53 Å². The Morgan fingerprint density at radius 3 is 2.83 bits per heavy atom. The van der Waals surface area contributed by atoms with Gasteiger partial charge in [-0.1, -0.05) is 0 Å². The first-order chi connectivity index (χ1) is 2.91. The van der Waals surface area contributed by atoms with Gasteiger partial charge in [0.1, 0.15) is 0 Å². The molecule has 0 bridgehead atoms. The van der Waals surface area contributed by atoms with Gasteiger partial charge >= 0.3 is 49.3 Å². The number of hydrogen-bond donors (Lipinski definition) is 0.